The van der Waals surface area contributed by atoms with Gasteiger partial charge in [-0.3, -0.25) is 19.4 Å². The molecule has 1 aromatic rings. The molecule has 11 heteroatoms. The zero-order valence-electron chi connectivity index (χ0n) is 23.9. The topological polar surface area (TPSA) is 151 Å². The minimum Gasteiger partial charge on any atom is -0.458 e. The van der Waals surface area contributed by atoms with Crippen LogP contribution in [-0.2, 0) is 19.1 Å². The fourth-order valence-electron chi connectivity index (χ4n) is 5.19. The third kappa shape index (κ3) is 8.20. The van der Waals surface area contributed by atoms with Gasteiger partial charge in [-0.1, -0.05) is 40.0 Å². The van der Waals surface area contributed by atoms with Gasteiger partial charge in [0.25, 0.3) is 5.91 Å². The first kappa shape index (κ1) is 30.5. The number of rotatable bonds is 7. The van der Waals surface area contributed by atoms with E-state index in [1.54, 1.807) is 20.8 Å². The maximum absolute atomic E-state index is 13.9. The highest BCUT2D eigenvalue weighted by atomic mass is 16.6. The van der Waals surface area contributed by atoms with Crippen molar-refractivity contribution in [3.63, 3.8) is 0 Å². The Bertz CT molecular complexity index is 1030. The Morgan fingerprint density at radius 2 is 1.69 bits per heavy atom. The molecule has 2 aliphatic rings. The predicted octanol–water partition coefficient (Wildman–Crippen LogP) is 1.99. The third-order valence-electron chi connectivity index (χ3n) is 7.13. The summed E-state index contributed by atoms with van der Waals surface area (Å²) in [5.74, 6) is -2.16. The standard InChI is InChI=1S/C28H43N5O6/c1-27(2,3)22(25(37)33-16-18(34)14-20(33)26(38)39-28(4,5)6)32-24(36)21(17-10-8-7-9-11-17)31-23(35)19-15-29-12-13-30-19/h12-13,15,17-18,20-22,34H,7-11,14,16H2,1-6H3,(H,31,35)(H,32,36)/t18-,20-,21-,22+/m0/s1. The van der Waals surface area contributed by atoms with Gasteiger partial charge < -0.3 is 25.4 Å². The van der Waals surface area contributed by atoms with Crippen LogP contribution in [0.15, 0.2) is 18.6 Å². The molecule has 1 aliphatic heterocycles. The van der Waals surface area contributed by atoms with Crippen molar-refractivity contribution >= 4 is 23.7 Å². The Balaban J connectivity index is 1.84. The van der Waals surface area contributed by atoms with Crippen molar-refractivity contribution in [2.45, 2.75) is 110 Å². The Labute approximate surface area is 230 Å². The first-order chi connectivity index (χ1) is 18.2. The number of aliphatic hydroxyl groups is 1. The van der Waals surface area contributed by atoms with Crippen LogP contribution in [0.1, 0.15) is 90.6 Å². The van der Waals surface area contributed by atoms with Gasteiger partial charge in [0.1, 0.15) is 29.4 Å². The van der Waals surface area contributed by atoms with E-state index in [9.17, 15) is 24.3 Å². The predicted molar refractivity (Wildman–Crippen MR) is 143 cm³/mol. The van der Waals surface area contributed by atoms with E-state index in [1.165, 1.54) is 23.5 Å². The number of aromatic nitrogens is 2. The molecule has 2 fully saturated rings. The molecule has 0 bridgehead atoms. The second kappa shape index (κ2) is 12.4. The highest BCUT2D eigenvalue weighted by Gasteiger charge is 2.46. The van der Waals surface area contributed by atoms with Crippen molar-refractivity contribution in [2.24, 2.45) is 11.3 Å². The van der Waals surface area contributed by atoms with Crippen molar-refractivity contribution in [1.82, 2.24) is 25.5 Å². The third-order valence-corrected chi connectivity index (χ3v) is 7.13. The molecule has 0 unspecified atom stereocenters. The summed E-state index contributed by atoms with van der Waals surface area (Å²) in [5.41, 5.74) is -1.39. The van der Waals surface area contributed by atoms with Crippen molar-refractivity contribution in [2.75, 3.05) is 6.54 Å². The first-order valence-electron chi connectivity index (χ1n) is 13.8. The van der Waals surface area contributed by atoms with Gasteiger partial charge >= 0.3 is 5.97 Å². The lowest BCUT2D eigenvalue weighted by Crippen LogP contribution is -2.61. The normalized spacial score (nSPS) is 22.1. The van der Waals surface area contributed by atoms with E-state index in [0.29, 0.717) is 0 Å². The maximum Gasteiger partial charge on any atom is 0.329 e. The van der Waals surface area contributed by atoms with E-state index in [4.69, 9.17) is 4.74 Å². The number of hydrogen-bond donors (Lipinski definition) is 3. The number of amides is 3. The molecule has 0 spiro atoms. The number of nitrogens with one attached hydrogen (secondary N) is 2. The van der Waals surface area contributed by atoms with E-state index in [-0.39, 0.29) is 24.6 Å². The SMILES string of the molecule is CC(C)(C)OC(=O)[C@@H]1C[C@H](O)CN1C(=O)[C@@H](NC(=O)[C@@H](NC(=O)c1cnccn1)C1CCCCC1)C(C)(C)C. The summed E-state index contributed by atoms with van der Waals surface area (Å²) in [5, 5.41) is 16.1. The zero-order valence-corrected chi connectivity index (χ0v) is 23.9. The van der Waals surface area contributed by atoms with E-state index in [2.05, 4.69) is 20.6 Å². The minimum absolute atomic E-state index is 0.0410. The van der Waals surface area contributed by atoms with E-state index in [0.717, 1.165) is 32.1 Å². The quantitative estimate of drug-likeness (QED) is 0.440. The van der Waals surface area contributed by atoms with Crippen LogP contribution in [0.25, 0.3) is 0 Å². The Morgan fingerprint density at radius 3 is 2.26 bits per heavy atom. The summed E-state index contributed by atoms with van der Waals surface area (Å²) in [4.78, 5) is 62.8. The number of carbonyl (C=O) groups is 4. The molecular weight excluding hydrogens is 502 g/mol. The molecule has 1 aliphatic carbocycles. The summed E-state index contributed by atoms with van der Waals surface area (Å²) < 4.78 is 5.51. The molecule has 3 N–H and O–H groups in total. The van der Waals surface area contributed by atoms with Crippen molar-refractivity contribution in [3.8, 4) is 0 Å². The molecule has 0 aromatic carbocycles. The Kier molecular flexibility index (Phi) is 9.69. The van der Waals surface area contributed by atoms with Crippen LogP contribution >= 0.6 is 0 Å². The fraction of sp³-hybridized carbons (Fsp3) is 0.714. The van der Waals surface area contributed by atoms with Crippen LogP contribution in [0, 0.1) is 11.3 Å². The summed E-state index contributed by atoms with van der Waals surface area (Å²) in [7, 11) is 0. The molecule has 11 nitrogen and oxygen atoms in total. The monoisotopic (exact) mass is 545 g/mol. The summed E-state index contributed by atoms with van der Waals surface area (Å²) in [6.07, 6.45) is 7.87. The molecular formula is C28H43N5O6. The van der Waals surface area contributed by atoms with Gasteiger partial charge in [-0.15, -0.1) is 0 Å². The minimum atomic E-state index is -1.01. The number of ether oxygens (including phenoxy) is 1. The molecule has 0 radical (unpaired) electrons. The number of aliphatic hydroxyl groups excluding tert-OH is 1. The van der Waals surface area contributed by atoms with Gasteiger partial charge in [0, 0.05) is 25.4 Å². The summed E-state index contributed by atoms with van der Waals surface area (Å²) in [6.45, 7) is 10.6. The van der Waals surface area contributed by atoms with E-state index < -0.39 is 58.9 Å². The summed E-state index contributed by atoms with van der Waals surface area (Å²) in [6, 6.07) is -2.85. The zero-order chi connectivity index (χ0) is 29.0. The molecule has 1 saturated carbocycles. The van der Waals surface area contributed by atoms with Gasteiger partial charge in [-0.05, 0) is 44.9 Å². The highest BCUT2D eigenvalue weighted by molar-refractivity contribution is 5.97. The van der Waals surface area contributed by atoms with Gasteiger partial charge in [0.2, 0.25) is 11.8 Å². The number of nitrogens with zero attached hydrogens (tertiary/aromatic N) is 3. The van der Waals surface area contributed by atoms with Gasteiger partial charge in [0.05, 0.1) is 12.3 Å². The first-order valence-corrected chi connectivity index (χ1v) is 13.8. The average molecular weight is 546 g/mol. The van der Waals surface area contributed by atoms with Crippen molar-refractivity contribution < 1.29 is 29.0 Å². The Hall–Kier alpha value is -3.08. The maximum atomic E-state index is 13.9. The molecule has 4 atom stereocenters. The Morgan fingerprint density at radius 1 is 1.03 bits per heavy atom. The number of likely N-dealkylation sites (tertiary alicyclic amines) is 1. The van der Waals surface area contributed by atoms with E-state index >= 15 is 0 Å². The van der Waals surface area contributed by atoms with Crippen molar-refractivity contribution in [1.29, 1.82) is 0 Å². The lowest BCUT2D eigenvalue weighted by molar-refractivity contribution is -0.164. The van der Waals surface area contributed by atoms with Gasteiger partial charge in [0.15, 0.2) is 0 Å². The largest absolute Gasteiger partial charge is 0.458 e. The van der Waals surface area contributed by atoms with E-state index in [1.807, 2.05) is 20.8 Å². The van der Waals surface area contributed by atoms with Crippen LogP contribution in [0.4, 0.5) is 0 Å². The molecule has 39 heavy (non-hydrogen) atoms. The molecule has 3 amide bonds. The lowest BCUT2D eigenvalue weighted by atomic mass is 9.82. The molecule has 1 saturated heterocycles. The molecule has 216 valence electrons. The lowest BCUT2D eigenvalue weighted by Gasteiger charge is -2.37. The molecule has 2 heterocycles. The molecule has 1 aromatic heterocycles. The average Bonchev–Trinajstić information content (AvgIpc) is 3.26. The van der Waals surface area contributed by atoms with Gasteiger partial charge in [-0.2, -0.15) is 0 Å². The number of esters is 1. The van der Waals surface area contributed by atoms with Crippen molar-refractivity contribution in [3.05, 3.63) is 24.3 Å². The fourth-order valence-corrected chi connectivity index (χ4v) is 5.19. The second-order valence-corrected chi connectivity index (χ2v) is 12.7. The van der Waals surface area contributed by atoms with Crippen LogP contribution in [-0.4, -0.2) is 80.0 Å². The molecule has 3 rings (SSSR count). The summed E-state index contributed by atoms with van der Waals surface area (Å²) >= 11 is 0. The van der Waals surface area contributed by atoms with Crippen LogP contribution in [0.5, 0.6) is 0 Å². The number of β-amino-alcohol motifs (C(OH)–C–C–N with tert-alkyl or cyclic N) is 1. The smallest absolute Gasteiger partial charge is 0.329 e. The number of hydrogen-bond acceptors (Lipinski definition) is 8. The van der Waals surface area contributed by atoms with Crippen LogP contribution in [0.3, 0.4) is 0 Å². The highest BCUT2D eigenvalue weighted by Crippen LogP contribution is 2.30. The number of carbonyl (C=O) groups excluding carboxylic acids is 4. The van der Waals surface area contributed by atoms with Crippen LogP contribution < -0.4 is 10.6 Å². The van der Waals surface area contributed by atoms with Crippen LogP contribution in [0.2, 0.25) is 0 Å². The van der Waals surface area contributed by atoms with Gasteiger partial charge in [-0.25, -0.2) is 9.78 Å². The second-order valence-electron chi connectivity index (χ2n) is 12.7.